The predicted molar refractivity (Wildman–Crippen MR) is 60.5 cm³/mol. The van der Waals surface area contributed by atoms with E-state index in [4.69, 9.17) is 0 Å². The molecule has 1 aromatic rings. The normalized spacial score (nSPS) is 12.0. The fourth-order valence-corrected chi connectivity index (χ4v) is 1.95. The smallest absolute Gasteiger partial charge is 0.00966 e. The van der Waals surface area contributed by atoms with Crippen LogP contribution in [0.25, 0.3) is 0 Å². The summed E-state index contributed by atoms with van der Waals surface area (Å²) in [5.74, 6) is 0. The molecule has 2 heteroatoms. The van der Waals surface area contributed by atoms with E-state index in [1.54, 1.807) is 0 Å². The Morgan fingerprint density at radius 1 is 1.38 bits per heavy atom. The summed E-state index contributed by atoms with van der Waals surface area (Å²) in [7, 11) is 0. The molecule has 0 unspecified atom stereocenters. The van der Waals surface area contributed by atoms with E-state index in [1.807, 2.05) is 11.3 Å². The molecule has 0 saturated carbocycles. The van der Waals surface area contributed by atoms with Crippen LogP contribution in [-0.2, 0) is 6.42 Å². The molecule has 0 radical (unpaired) electrons. The molecule has 0 aromatic carbocycles. The van der Waals surface area contributed by atoms with Crippen molar-refractivity contribution in [2.24, 2.45) is 0 Å². The first-order valence-electron chi connectivity index (χ1n) is 4.76. The second-order valence-corrected chi connectivity index (χ2v) is 5.61. The van der Waals surface area contributed by atoms with Crippen LogP contribution in [0.2, 0.25) is 0 Å². The van der Waals surface area contributed by atoms with Gasteiger partial charge in [-0.05, 0) is 57.7 Å². The Morgan fingerprint density at radius 2 is 2.08 bits per heavy atom. The van der Waals surface area contributed by atoms with E-state index in [9.17, 15) is 0 Å². The first-order valence-corrected chi connectivity index (χ1v) is 5.64. The van der Waals surface area contributed by atoms with Crippen LogP contribution in [0.5, 0.6) is 0 Å². The lowest BCUT2D eigenvalue weighted by Crippen LogP contribution is -2.37. The fourth-order valence-electron chi connectivity index (χ4n) is 1.21. The Hall–Kier alpha value is -0.340. The standard InChI is InChI=1S/C11H19NS/c1-9-7-10(8-13-9)5-6-12-11(2,3)4/h7-8,12H,5-6H2,1-4H3. The van der Waals surface area contributed by atoms with E-state index in [1.165, 1.54) is 10.4 Å². The van der Waals surface area contributed by atoms with Crippen LogP contribution < -0.4 is 5.32 Å². The van der Waals surface area contributed by atoms with Gasteiger partial charge in [-0.25, -0.2) is 0 Å². The molecule has 0 aliphatic carbocycles. The van der Waals surface area contributed by atoms with Gasteiger partial charge in [0.15, 0.2) is 0 Å². The van der Waals surface area contributed by atoms with Crippen molar-refractivity contribution in [3.05, 3.63) is 21.9 Å². The van der Waals surface area contributed by atoms with Gasteiger partial charge in [0.2, 0.25) is 0 Å². The number of hydrogen-bond acceptors (Lipinski definition) is 2. The van der Waals surface area contributed by atoms with Gasteiger partial charge in [0.25, 0.3) is 0 Å². The summed E-state index contributed by atoms with van der Waals surface area (Å²) in [4.78, 5) is 1.41. The van der Waals surface area contributed by atoms with E-state index in [0.717, 1.165) is 13.0 Å². The number of hydrogen-bond donors (Lipinski definition) is 1. The van der Waals surface area contributed by atoms with Crippen LogP contribution in [-0.4, -0.2) is 12.1 Å². The van der Waals surface area contributed by atoms with Crippen LogP contribution in [0, 0.1) is 6.92 Å². The Balaban J connectivity index is 2.28. The lowest BCUT2D eigenvalue weighted by atomic mass is 10.1. The molecule has 1 N–H and O–H groups in total. The highest BCUT2D eigenvalue weighted by Crippen LogP contribution is 2.13. The van der Waals surface area contributed by atoms with Gasteiger partial charge in [0, 0.05) is 10.4 Å². The van der Waals surface area contributed by atoms with E-state index >= 15 is 0 Å². The molecular weight excluding hydrogens is 178 g/mol. The van der Waals surface area contributed by atoms with Crippen molar-refractivity contribution in [2.45, 2.75) is 39.7 Å². The number of nitrogens with one attached hydrogen (secondary N) is 1. The molecule has 1 heterocycles. The molecule has 0 bridgehead atoms. The molecule has 1 aromatic heterocycles. The summed E-state index contributed by atoms with van der Waals surface area (Å²) in [5, 5.41) is 5.73. The Labute approximate surface area is 85.2 Å². The van der Waals surface area contributed by atoms with E-state index in [0.29, 0.717) is 0 Å². The van der Waals surface area contributed by atoms with Gasteiger partial charge in [0.05, 0.1) is 0 Å². The van der Waals surface area contributed by atoms with Crippen molar-refractivity contribution in [1.82, 2.24) is 5.32 Å². The molecule has 0 atom stereocenters. The molecule has 0 aliphatic rings. The van der Waals surface area contributed by atoms with E-state index < -0.39 is 0 Å². The molecule has 0 aliphatic heterocycles. The van der Waals surface area contributed by atoms with Crippen molar-refractivity contribution >= 4 is 11.3 Å². The van der Waals surface area contributed by atoms with Crippen LogP contribution in [0.4, 0.5) is 0 Å². The van der Waals surface area contributed by atoms with Gasteiger partial charge in [-0.15, -0.1) is 11.3 Å². The molecule has 0 amide bonds. The van der Waals surface area contributed by atoms with Crippen molar-refractivity contribution in [3.8, 4) is 0 Å². The van der Waals surface area contributed by atoms with Gasteiger partial charge in [-0.1, -0.05) is 0 Å². The molecule has 13 heavy (non-hydrogen) atoms. The summed E-state index contributed by atoms with van der Waals surface area (Å²) < 4.78 is 0. The topological polar surface area (TPSA) is 12.0 Å². The number of rotatable bonds is 3. The Bertz CT molecular complexity index is 257. The lowest BCUT2D eigenvalue weighted by Gasteiger charge is -2.20. The first-order chi connectivity index (χ1) is 5.97. The molecule has 1 rings (SSSR count). The third-order valence-corrected chi connectivity index (χ3v) is 2.76. The van der Waals surface area contributed by atoms with Gasteiger partial charge in [0.1, 0.15) is 0 Å². The Morgan fingerprint density at radius 3 is 2.54 bits per heavy atom. The van der Waals surface area contributed by atoms with Gasteiger partial charge in [-0.3, -0.25) is 0 Å². The molecule has 0 fully saturated rings. The minimum absolute atomic E-state index is 0.241. The maximum absolute atomic E-state index is 3.48. The van der Waals surface area contributed by atoms with Crippen LogP contribution in [0.15, 0.2) is 11.4 Å². The number of thiophene rings is 1. The highest BCUT2D eigenvalue weighted by atomic mass is 32.1. The molecule has 0 saturated heterocycles. The summed E-state index contributed by atoms with van der Waals surface area (Å²) in [6.07, 6.45) is 1.14. The second kappa shape index (κ2) is 4.25. The zero-order chi connectivity index (χ0) is 9.90. The second-order valence-electron chi connectivity index (χ2n) is 4.49. The molecule has 1 nitrogen and oxygen atoms in total. The van der Waals surface area contributed by atoms with Crippen LogP contribution >= 0.6 is 11.3 Å². The highest BCUT2D eigenvalue weighted by Gasteiger charge is 2.07. The third-order valence-electron chi connectivity index (χ3n) is 1.85. The van der Waals surface area contributed by atoms with Crippen LogP contribution in [0.1, 0.15) is 31.2 Å². The van der Waals surface area contributed by atoms with Gasteiger partial charge >= 0.3 is 0 Å². The van der Waals surface area contributed by atoms with Gasteiger partial charge < -0.3 is 5.32 Å². The lowest BCUT2D eigenvalue weighted by molar-refractivity contribution is 0.429. The maximum Gasteiger partial charge on any atom is 0.00966 e. The average molecular weight is 197 g/mol. The largest absolute Gasteiger partial charge is 0.312 e. The van der Waals surface area contributed by atoms with E-state index in [2.05, 4.69) is 44.5 Å². The van der Waals surface area contributed by atoms with E-state index in [-0.39, 0.29) is 5.54 Å². The summed E-state index contributed by atoms with van der Waals surface area (Å²) >= 11 is 1.83. The fraction of sp³-hybridized carbons (Fsp3) is 0.636. The zero-order valence-electron chi connectivity index (χ0n) is 8.98. The predicted octanol–water partition coefficient (Wildman–Crippen LogP) is 2.99. The van der Waals surface area contributed by atoms with Crippen molar-refractivity contribution in [1.29, 1.82) is 0 Å². The minimum atomic E-state index is 0.241. The average Bonchev–Trinajstić information content (AvgIpc) is 2.33. The summed E-state index contributed by atoms with van der Waals surface area (Å²) in [6, 6.07) is 2.27. The quantitative estimate of drug-likeness (QED) is 0.785. The summed E-state index contributed by atoms with van der Waals surface area (Å²) in [6.45, 7) is 9.83. The minimum Gasteiger partial charge on any atom is -0.312 e. The monoisotopic (exact) mass is 197 g/mol. The third kappa shape index (κ3) is 4.44. The molecule has 74 valence electrons. The first kappa shape index (κ1) is 10.7. The number of aryl methyl sites for hydroxylation is 1. The van der Waals surface area contributed by atoms with Crippen molar-refractivity contribution < 1.29 is 0 Å². The van der Waals surface area contributed by atoms with Crippen LogP contribution in [0.3, 0.4) is 0 Å². The summed E-state index contributed by atoms with van der Waals surface area (Å²) in [5.41, 5.74) is 1.70. The van der Waals surface area contributed by atoms with Crippen molar-refractivity contribution in [2.75, 3.05) is 6.54 Å². The molecular formula is C11H19NS. The SMILES string of the molecule is Cc1cc(CCNC(C)(C)C)cs1. The molecule has 0 spiro atoms. The Kier molecular flexibility index (Phi) is 3.51. The zero-order valence-corrected chi connectivity index (χ0v) is 9.79. The van der Waals surface area contributed by atoms with Crippen molar-refractivity contribution in [3.63, 3.8) is 0 Å². The maximum atomic E-state index is 3.48. The van der Waals surface area contributed by atoms with Gasteiger partial charge in [-0.2, -0.15) is 0 Å². The highest BCUT2D eigenvalue weighted by molar-refractivity contribution is 7.10.